The molecule has 32 heavy (non-hydrogen) atoms. The highest BCUT2D eigenvalue weighted by molar-refractivity contribution is 5.88. The summed E-state index contributed by atoms with van der Waals surface area (Å²) in [5.74, 6) is -0.713. The Morgan fingerprint density at radius 1 is 1.12 bits per heavy atom. The second-order valence-corrected chi connectivity index (χ2v) is 8.88. The second kappa shape index (κ2) is 7.48. The van der Waals surface area contributed by atoms with E-state index in [1.165, 1.54) is 6.07 Å². The van der Waals surface area contributed by atoms with Gasteiger partial charge < -0.3 is 23.4 Å². The third-order valence-electron chi connectivity index (χ3n) is 6.16. The van der Waals surface area contributed by atoms with E-state index in [9.17, 15) is 14.4 Å². The normalized spacial score (nSPS) is 28.4. The van der Waals surface area contributed by atoms with Gasteiger partial charge in [-0.25, -0.2) is 14.4 Å². The molecule has 2 aliphatic rings. The maximum atomic E-state index is 13.0. The van der Waals surface area contributed by atoms with Crippen LogP contribution in [0.1, 0.15) is 53.2 Å². The second-order valence-electron chi connectivity index (χ2n) is 8.88. The average Bonchev–Trinajstić information content (AvgIpc) is 3.35. The van der Waals surface area contributed by atoms with Gasteiger partial charge in [-0.3, -0.25) is 0 Å². The Balaban J connectivity index is 1.82. The summed E-state index contributed by atoms with van der Waals surface area (Å²) in [7, 11) is 0. The molecule has 0 amide bonds. The Morgan fingerprint density at radius 3 is 2.44 bits per heavy atom. The summed E-state index contributed by atoms with van der Waals surface area (Å²) in [6.07, 6.45) is -0.532. The van der Waals surface area contributed by atoms with Crippen molar-refractivity contribution >= 4 is 22.9 Å². The number of epoxide rings is 1. The van der Waals surface area contributed by atoms with Crippen LogP contribution in [0.4, 0.5) is 0 Å². The number of benzene rings is 1. The van der Waals surface area contributed by atoms with Crippen LogP contribution in [0.5, 0.6) is 5.75 Å². The molecule has 2 aromatic rings. The first-order valence-corrected chi connectivity index (χ1v) is 10.5. The van der Waals surface area contributed by atoms with Crippen molar-refractivity contribution in [3.05, 3.63) is 51.9 Å². The Morgan fingerprint density at radius 2 is 1.81 bits per heavy atom. The molecule has 0 aliphatic carbocycles. The smallest absolute Gasteiger partial charge is 0.341 e. The van der Waals surface area contributed by atoms with Gasteiger partial charge in [0.25, 0.3) is 0 Å². The minimum absolute atomic E-state index is 0.278. The molecule has 1 saturated heterocycles. The third-order valence-corrected chi connectivity index (χ3v) is 6.16. The van der Waals surface area contributed by atoms with Crippen molar-refractivity contribution in [2.24, 2.45) is 0 Å². The van der Waals surface area contributed by atoms with Crippen molar-refractivity contribution in [2.75, 3.05) is 0 Å². The zero-order chi connectivity index (χ0) is 23.4. The van der Waals surface area contributed by atoms with Gasteiger partial charge in [0.1, 0.15) is 16.9 Å². The first-order valence-electron chi connectivity index (χ1n) is 10.5. The molecule has 4 atom stereocenters. The Hall–Kier alpha value is -3.13. The summed E-state index contributed by atoms with van der Waals surface area (Å²) in [6.45, 7) is 10.3. The fraction of sp³-hybridized carbons (Fsp3) is 0.458. The number of esters is 2. The molecule has 3 heterocycles. The summed E-state index contributed by atoms with van der Waals surface area (Å²) < 4.78 is 28.6. The lowest BCUT2D eigenvalue weighted by Gasteiger charge is -2.43. The van der Waals surface area contributed by atoms with Gasteiger partial charge >= 0.3 is 17.6 Å². The van der Waals surface area contributed by atoms with Gasteiger partial charge in [-0.15, -0.1) is 0 Å². The topological polar surface area (TPSA) is 105 Å². The fourth-order valence-electron chi connectivity index (χ4n) is 3.73. The van der Waals surface area contributed by atoms with Crippen molar-refractivity contribution in [1.29, 1.82) is 0 Å². The van der Waals surface area contributed by atoms with Crippen LogP contribution in [0, 0.1) is 0 Å². The van der Waals surface area contributed by atoms with Gasteiger partial charge in [0.15, 0.2) is 17.8 Å². The highest BCUT2D eigenvalue weighted by atomic mass is 16.7. The van der Waals surface area contributed by atoms with E-state index in [-0.39, 0.29) is 6.10 Å². The van der Waals surface area contributed by atoms with Crippen LogP contribution >= 0.6 is 0 Å². The molecule has 0 N–H and O–H groups in total. The monoisotopic (exact) mass is 442 g/mol. The standard InChI is InChI=1S/C24H26O8/c1-7-12(2)21(26)30-20-19(29-22(27)24(6)13(3)31-24)15-10-14-8-9-18(25)28-16(14)11-17(15)32-23(20,4)5/h7-11,13,19-20H,1-6H3/t13-,19-,20-,24+/m0/s1. The predicted octanol–water partition coefficient (Wildman–Crippen LogP) is 3.60. The summed E-state index contributed by atoms with van der Waals surface area (Å²) in [5.41, 5.74) is -1.34. The van der Waals surface area contributed by atoms with Gasteiger partial charge in [0.2, 0.25) is 0 Å². The summed E-state index contributed by atoms with van der Waals surface area (Å²) in [6, 6.07) is 6.21. The van der Waals surface area contributed by atoms with Gasteiger partial charge in [-0.1, -0.05) is 6.08 Å². The van der Waals surface area contributed by atoms with Crippen LogP contribution in [0.25, 0.3) is 11.0 Å². The first-order chi connectivity index (χ1) is 15.0. The predicted molar refractivity (Wildman–Crippen MR) is 114 cm³/mol. The highest BCUT2D eigenvalue weighted by Crippen LogP contribution is 2.47. The molecule has 4 rings (SSSR count). The highest BCUT2D eigenvalue weighted by Gasteiger charge is 2.59. The van der Waals surface area contributed by atoms with Crippen LogP contribution in [0.2, 0.25) is 0 Å². The van der Waals surface area contributed by atoms with E-state index >= 15 is 0 Å². The Kier molecular flexibility index (Phi) is 5.16. The van der Waals surface area contributed by atoms with Crippen LogP contribution in [0.15, 0.2) is 45.1 Å². The van der Waals surface area contributed by atoms with Crippen LogP contribution in [0.3, 0.4) is 0 Å². The molecule has 0 unspecified atom stereocenters. The molecular weight excluding hydrogens is 416 g/mol. The molecule has 8 heteroatoms. The van der Waals surface area contributed by atoms with Crippen molar-refractivity contribution in [3.63, 3.8) is 0 Å². The number of carbonyl (C=O) groups is 2. The molecule has 0 bridgehead atoms. The van der Waals surface area contributed by atoms with Gasteiger partial charge in [-0.05, 0) is 53.7 Å². The Bertz CT molecular complexity index is 1190. The van der Waals surface area contributed by atoms with Crippen molar-refractivity contribution < 1.29 is 33.0 Å². The number of ether oxygens (including phenoxy) is 4. The molecule has 0 radical (unpaired) electrons. The molecule has 2 aliphatic heterocycles. The molecule has 0 spiro atoms. The van der Waals surface area contributed by atoms with Gasteiger partial charge in [0.05, 0.1) is 6.10 Å². The molecular formula is C24H26O8. The number of hydrogen-bond donors (Lipinski definition) is 0. The molecule has 1 aromatic carbocycles. The van der Waals surface area contributed by atoms with E-state index in [0.29, 0.717) is 27.9 Å². The van der Waals surface area contributed by atoms with Crippen LogP contribution < -0.4 is 10.4 Å². The van der Waals surface area contributed by atoms with Crippen molar-refractivity contribution in [1.82, 2.24) is 0 Å². The quantitative estimate of drug-likeness (QED) is 0.306. The van der Waals surface area contributed by atoms with Gasteiger partial charge in [-0.2, -0.15) is 0 Å². The maximum absolute atomic E-state index is 13.0. The Labute approximate surface area is 185 Å². The first kappa shape index (κ1) is 22.1. The molecule has 1 aromatic heterocycles. The fourth-order valence-corrected chi connectivity index (χ4v) is 3.73. The van der Waals surface area contributed by atoms with Crippen molar-refractivity contribution in [3.8, 4) is 5.75 Å². The number of fused-ring (bicyclic) bond motifs is 2. The van der Waals surface area contributed by atoms with E-state index in [1.807, 2.05) is 0 Å². The number of rotatable bonds is 4. The number of carbonyl (C=O) groups excluding carboxylic acids is 2. The summed E-state index contributed by atoms with van der Waals surface area (Å²) in [4.78, 5) is 37.2. The minimum atomic E-state index is -1.06. The zero-order valence-corrected chi connectivity index (χ0v) is 18.9. The lowest BCUT2D eigenvalue weighted by molar-refractivity contribution is -0.190. The minimum Gasteiger partial charge on any atom is -0.483 e. The van der Waals surface area contributed by atoms with Gasteiger partial charge in [0, 0.05) is 28.7 Å². The lowest BCUT2D eigenvalue weighted by Crippen LogP contribution is -2.52. The largest absolute Gasteiger partial charge is 0.483 e. The van der Waals surface area contributed by atoms with E-state index < -0.39 is 41.0 Å². The zero-order valence-electron chi connectivity index (χ0n) is 18.9. The van der Waals surface area contributed by atoms with E-state index in [2.05, 4.69) is 0 Å². The summed E-state index contributed by atoms with van der Waals surface area (Å²) >= 11 is 0. The lowest BCUT2D eigenvalue weighted by atomic mass is 9.87. The maximum Gasteiger partial charge on any atom is 0.341 e. The van der Waals surface area contributed by atoms with E-state index in [1.54, 1.807) is 65.8 Å². The number of hydrogen-bond acceptors (Lipinski definition) is 8. The summed E-state index contributed by atoms with van der Waals surface area (Å²) in [5, 5.41) is 0.615. The van der Waals surface area contributed by atoms with Crippen LogP contribution in [-0.2, 0) is 23.8 Å². The van der Waals surface area contributed by atoms with Crippen LogP contribution in [-0.4, -0.2) is 35.3 Å². The third kappa shape index (κ3) is 3.68. The number of allylic oxidation sites excluding steroid dienone is 1. The molecule has 1 fully saturated rings. The molecule has 8 nitrogen and oxygen atoms in total. The SMILES string of the molecule is CC=C(C)C(=O)O[C@H]1[C@@H](OC(=O)[C@]2(C)O[C@H]2C)c2cc3ccc(=O)oc3cc2OC1(C)C. The van der Waals surface area contributed by atoms with Crippen molar-refractivity contribution in [2.45, 2.75) is 71.1 Å². The van der Waals surface area contributed by atoms with E-state index in [4.69, 9.17) is 23.4 Å². The average molecular weight is 442 g/mol. The van der Waals surface area contributed by atoms with E-state index in [0.717, 1.165) is 0 Å². The molecule has 0 saturated carbocycles. The molecule has 170 valence electrons.